The first-order chi connectivity index (χ1) is 12.1. The average Bonchev–Trinajstić information content (AvgIpc) is 3.03. The maximum absolute atomic E-state index is 12.1. The van der Waals surface area contributed by atoms with E-state index in [4.69, 9.17) is 0 Å². The lowest BCUT2D eigenvalue weighted by molar-refractivity contribution is -0.151. The number of aromatic nitrogens is 1. The second-order valence-corrected chi connectivity index (χ2v) is 7.97. The molecule has 1 fully saturated rings. The highest BCUT2D eigenvalue weighted by molar-refractivity contribution is 7.18. The van der Waals surface area contributed by atoms with Crippen molar-refractivity contribution in [1.29, 1.82) is 0 Å². The SMILES string of the molecule is O=C(CCCc1nc2ccccc2s1)NCC1(C(=O)O)CCCCC1. The average molecular weight is 360 g/mol. The summed E-state index contributed by atoms with van der Waals surface area (Å²) in [5.74, 6) is -0.839. The molecule has 1 aliphatic rings. The van der Waals surface area contributed by atoms with E-state index in [2.05, 4.69) is 16.4 Å². The van der Waals surface area contributed by atoms with Gasteiger partial charge in [0.25, 0.3) is 0 Å². The summed E-state index contributed by atoms with van der Waals surface area (Å²) in [6, 6.07) is 8.03. The molecular weight excluding hydrogens is 336 g/mol. The Morgan fingerprint density at radius 3 is 2.68 bits per heavy atom. The minimum absolute atomic E-state index is 0.0627. The monoisotopic (exact) mass is 360 g/mol. The maximum atomic E-state index is 12.1. The number of aliphatic carboxylic acids is 1. The third-order valence-corrected chi connectivity index (χ3v) is 6.12. The summed E-state index contributed by atoms with van der Waals surface area (Å²) < 4.78 is 1.17. The van der Waals surface area contributed by atoms with E-state index in [1.54, 1.807) is 11.3 Å². The Kier molecular flexibility index (Phi) is 5.68. The number of fused-ring (bicyclic) bond motifs is 1. The molecule has 1 amide bonds. The molecule has 1 saturated carbocycles. The van der Waals surface area contributed by atoms with E-state index < -0.39 is 11.4 Å². The zero-order valence-corrected chi connectivity index (χ0v) is 15.1. The molecule has 5 nitrogen and oxygen atoms in total. The molecule has 1 heterocycles. The molecule has 0 atom stereocenters. The highest BCUT2D eigenvalue weighted by atomic mass is 32.1. The first-order valence-corrected chi connectivity index (χ1v) is 9.75. The van der Waals surface area contributed by atoms with Gasteiger partial charge >= 0.3 is 5.97 Å². The van der Waals surface area contributed by atoms with Gasteiger partial charge in [-0.05, 0) is 37.8 Å². The van der Waals surface area contributed by atoms with Crippen molar-refractivity contribution in [2.75, 3.05) is 6.54 Å². The van der Waals surface area contributed by atoms with Crippen LogP contribution in [0, 0.1) is 5.41 Å². The van der Waals surface area contributed by atoms with Crippen molar-refractivity contribution in [1.82, 2.24) is 10.3 Å². The molecule has 0 unspecified atom stereocenters. The van der Waals surface area contributed by atoms with Crippen molar-refractivity contribution >= 4 is 33.4 Å². The number of thiazole rings is 1. The van der Waals surface area contributed by atoms with Gasteiger partial charge in [0.15, 0.2) is 0 Å². The number of carbonyl (C=O) groups excluding carboxylic acids is 1. The van der Waals surface area contributed by atoms with Crippen molar-refractivity contribution in [2.45, 2.75) is 51.4 Å². The van der Waals surface area contributed by atoms with Gasteiger partial charge in [0, 0.05) is 13.0 Å². The number of para-hydroxylation sites is 1. The molecule has 1 aromatic heterocycles. The molecule has 0 aliphatic heterocycles. The Balaban J connectivity index is 1.45. The lowest BCUT2D eigenvalue weighted by Gasteiger charge is -2.33. The number of nitrogens with one attached hydrogen (secondary N) is 1. The normalized spacial score (nSPS) is 16.6. The highest BCUT2D eigenvalue weighted by Crippen LogP contribution is 2.36. The van der Waals surface area contributed by atoms with Crippen LogP contribution in [0.5, 0.6) is 0 Å². The summed E-state index contributed by atoms with van der Waals surface area (Å²) >= 11 is 1.67. The van der Waals surface area contributed by atoms with Crippen LogP contribution in [0.4, 0.5) is 0 Å². The molecule has 1 aromatic carbocycles. The lowest BCUT2D eigenvalue weighted by atomic mass is 9.74. The number of hydrogen-bond donors (Lipinski definition) is 2. The summed E-state index contributed by atoms with van der Waals surface area (Å²) in [4.78, 5) is 28.3. The summed E-state index contributed by atoms with van der Waals surface area (Å²) in [5.41, 5.74) is 0.244. The van der Waals surface area contributed by atoms with Gasteiger partial charge in [-0.25, -0.2) is 4.98 Å². The van der Waals surface area contributed by atoms with Gasteiger partial charge in [-0.1, -0.05) is 31.4 Å². The van der Waals surface area contributed by atoms with Crippen molar-refractivity contribution in [3.05, 3.63) is 29.3 Å². The standard InChI is InChI=1S/C19H24N2O3S/c22-16(20-13-19(18(23)24)11-4-1-5-12-19)9-6-10-17-21-14-7-2-3-8-15(14)25-17/h2-3,7-8H,1,4-6,9-13H2,(H,20,22)(H,23,24). The van der Waals surface area contributed by atoms with Crippen molar-refractivity contribution in [2.24, 2.45) is 5.41 Å². The molecule has 0 radical (unpaired) electrons. The predicted molar refractivity (Wildman–Crippen MR) is 98.7 cm³/mol. The zero-order chi connectivity index (χ0) is 17.7. The van der Waals surface area contributed by atoms with Crippen LogP contribution >= 0.6 is 11.3 Å². The van der Waals surface area contributed by atoms with Gasteiger partial charge < -0.3 is 10.4 Å². The van der Waals surface area contributed by atoms with Gasteiger partial charge in [0.2, 0.25) is 5.91 Å². The Hall–Kier alpha value is -1.95. The summed E-state index contributed by atoms with van der Waals surface area (Å²) in [6.45, 7) is 0.252. The number of rotatable bonds is 7. The number of carbonyl (C=O) groups is 2. The third-order valence-electron chi connectivity index (χ3n) is 5.02. The number of carboxylic acid groups (broad SMARTS) is 1. The number of aryl methyl sites for hydroxylation is 1. The quantitative estimate of drug-likeness (QED) is 0.788. The number of benzene rings is 1. The number of hydrogen-bond acceptors (Lipinski definition) is 4. The van der Waals surface area contributed by atoms with Crippen LogP contribution in [0.3, 0.4) is 0 Å². The first-order valence-electron chi connectivity index (χ1n) is 8.94. The van der Waals surface area contributed by atoms with Crippen LogP contribution in [-0.2, 0) is 16.0 Å². The number of amides is 1. The predicted octanol–water partition coefficient (Wildman–Crippen LogP) is 3.77. The van der Waals surface area contributed by atoms with Crippen molar-refractivity contribution in [3.8, 4) is 0 Å². The minimum Gasteiger partial charge on any atom is -0.481 e. The molecule has 0 spiro atoms. The summed E-state index contributed by atoms with van der Waals surface area (Å²) in [5, 5.41) is 13.4. The highest BCUT2D eigenvalue weighted by Gasteiger charge is 2.39. The van der Waals surface area contributed by atoms with Crippen LogP contribution in [0.1, 0.15) is 50.0 Å². The molecule has 25 heavy (non-hydrogen) atoms. The Bertz CT molecular complexity index is 717. The lowest BCUT2D eigenvalue weighted by Crippen LogP contribution is -2.44. The largest absolute Gasteiger partial charge is 0.481 e. The maximum Gasteiger partial charge on any atom is 0.311 e. The number of nitrogens with zero attached hydrogens (tertiary/aromatic N) is 1. The van der Waals surface area contributed by atoms with E-state index in [1.165, 1.54) is 4.70 Å². The van der Waals surface area contributed by atoms with Crippen LogP contribution in [0.25, 0.3) is 10.2 Å². The third kappa shape index (κ3) is 4.37. The van der Waals surface area contributed by atoms with E-state index in [0.717, 1.165) is 42.6 Å². The van der Waals surface area contributed by atoms with Crippen LogP contribution < -0.4 is 5.32 Å². The molecule has 6 heteroatoms. The van der Waals surface area contributed by atoms with E-state index in [0.29, 0.717) is 19.3 Å². The second kappa shape index (κ2) is 7.95. The zero-order valence-electron chi connectivity index (χ0n) is 14.3. The van der Waals surface area contributed by atoms with E-state index in [9.17, 15) is 14.7 Å². The topological polar surface area (TPSA) is 79.3 Å². The Morgan fingerprint density at radius 2 is 1.96 bits per heavy atom. The van der Waals surface area contributed by atoms with Gasteiger partial charge in [-0.15, -0.1) is 11.3 Å². The van der Waals surface area contributed by atoms with Crippen LogP contribution in [0.2, 0.25) is 0 Å². The van der Waals surface area contributed by atoms with Crippen LogP contribution in [-0.4, -0.2) is 28.5 Å². The molecule has 1 aliphatic carbocycles. The molecule has 2 N–H and O–H groups in total. The molecule has 2 aromatic rings. The fourth-order valence-electron chi connectivity index (χ4n) is 3.48. The minimum atomic E-state index is -0.776. The number of carboxylic acids is 1. The van der Waals surface area contributed by atoms with Gasteiger partial charge in [-0.3, -0.25) is 9.59 Å². The first kappa shape index (κ1) is 17.9. The van der Waals surface area contributed by atoms with E-state index in [1.807, 2.05) is 18.2 Å². The molecular formula is C19H24N2O3S. The van der Waals surface area contributed by atoms with Gasteiger partial charge in [-0.2, -0.15) is 0 Å². The van der Waals surface area contributed by atoms with Gasteiger partial charge in [0.05, 0.1) is 20.6 Å². The van der Waals surface area contributed by atoms with E-state index >= 15 is 0 Å². The molecule has 3 rings (SSSR count). The van der Waals surface area contributed by atoms with Gasteiger partial charge in [0.1, 0.15) is 0 Å². The fourth-order valence-corrected chi connectivity index (χ4v) is 4.49. The Morgan fingerprint density at radius 1 is 1.20 bits per heavy atom. The summed E-state index contributed by atoms with van der Waals surface area (Å²) in [7, 11) is 0. The second-order valence-electron chi connectivity index (χ2n) is 6.85. The van der Waals surface area contributed by atoms with Crippen molar-refractivity contribution < 1.29 is 14.7 Å². The summed E-state index contributed by atoms with van der Waals surface area (Å²) in [6.07, 6.45) is 6.18. The fraction of sp³-hybridized carbons (Fsp3) is 0.526. The molecule has 0 saturated heterocycles. The van der Waals surface area contributed by atoms with Crippen LogP contribution in [0.15, 0.2) is 24.3 Å². The van der Waals surface area contributed by atoms with Crippen molar-refractivity contribution in [3.63, 3.8) is 0 Å². The van der Waals surface area contributed by atoms with E-state index in [-0.39, 0.29) is 12.5 Å². The molecule has 134 valence electrons. The molecule has 0 bridgehead atoms. The smallest absolute Gasteiger partial charge is 0.311 e. The Labute approximate surface area is 151 Å².